The van der Waals surface area contributed by atoms with Gasteiger partial charge in [-0.2, -0.15) is 9.41 Å². The summed E-state index contributed by atoms with van der Waals surface area (Å²) in [6, 6.07) is 8.61. The van der Waals surface area contributed by atoms with Crippen LogP contribution in [0.1, 0.15) is 24.8 Å². The lowest BCUT2D eigenvalue weighted by Gasteiger charge is -2.25. The fraction of sp³-hybridized carbons (Fsp3) is 0.368. The van der Waals surface area contributed by atoms with Gasteiger partial charge in [-0.3, -0.25) is 5.43 Å². The van der Waals surface area contributed by atoms with E-state index >= 15 is 0 Å². The van der Waals surface area contributed by atoms with Crippen LogP contribution in [0.15, 0.2) is 46.5 Å². The Balaban J connectivity index is 1.69. The standard InChI is InChI=1S/C19H24N4O4S/c1-26-17-8-6-7-15(19(17)27-2)13-21-22-18-10-9-16(14-20-18)28(24,25)23-11-4-3-5-12-23/h6-10,13-14H,3-5,11-12H2,1-2H3,(H,20,22). The number of aromatic nitrogens is 1. The van der Waals surface area contributed by atoms with Crippen LogP contribution in [0.2, 0.25) is 0 Å². The highest BCUT2D eigenvalue weighted by Gasteiger charge is 2.26. The van der Waals surface area contributed by atoms with Crippen LogP contribution < -0.4 is 14.9 Å². The van der Waals surface area contributed by atoms with E-state index in [1.54, 1.807) is 38.6 Å². The third-order valence-electron chi connectivity index (χ3n) is 4.51. The molecular weight excluding hydrogens is 380 g/mol. The smallest absolute Gasteiger partial charge is 0.244 e. The summed E-state index contributed by atoms with van der Waals surface area (Å²) < 4.78 is 37.4. The zero-order valence-electron chi connectivity index (χ0n) is 16.0. The molecule has 0 bridgehead atoms. The first kappa shape index (κ1) is 20.1. The molecule has 0 saturated carbocycles. The lowest BCUT2D eigenvalue weighted by atomic mass is 10.2. The summed E-state index contributed by atoms with van der Waals surface area (Å²) in [5.41, 5.74) is 3.53. The molecule has 1 fully saturated rings. The van der Waals surface area contributed by atoms with E-state index in [0.717, 1.165) is 24.8 Å². The SMILES string of the molecule is COc1cccc(C=NNc2ccc(S(=O)(=O)N3CCCCC3)cn2)c1OC. The molecule has 2 heterocycles. The number of hydrogen-bond donors (Lipinski definition) is 1. The monoisotopic (exact) mass is 404 g/mol. The van der Waals surface area contributed by atoms with Crippen LogP contribution in [0.3, 0.4) is 0 Å². The number of nitrogens with zero attached hydrogens (tertiary/aromatic N) is 3. The molecule has 1 N–H and O–H groups in total. The normalized spacial score (nSPS) is 15.5. The van der Waals surface area contributed by atoms with Gasteiger partial charge in [0.2, 0.25) is 10.0 Å². The molecular formula is C19H24N4O4S. The van der Waals surface area contributed by atoms with Gasteiger partial charge >= 0.3 is 0 Å². The number of pyridine rings is 1. The number of benzene rings is 1. The summed E-state index contributed by atoms with van der Waals surface area (Å²) in [6.07, 6.45) is 5.81. The molecule has 0 atom stereocenters. The van der Waals surface area contributed by atoms with Crippen LogP contribution in [0, 0.1) is 0 Å². The number of anilines is 1. The van der Waals surface area contributed by atoms with Gasteiger partial charge in [-0.25, -0.2) is 13.4 Å². The van der Waals surface area contributed by atoms with Gasteiger partial charge in [-0.05, 0) is 37.1 Å². The summed E-state index contributed by atoms with van der Waals surface area (Å²) in [6.45, 7) is 1.13. The molecule has 0 unspecified atom stereocenters. The largest absolute Gasteiger partial charge is 0.493 e. The molecule has 1 aromatic heterocycles. The molecule has 0 radical (unpaired) electrons. The van der Waals surface area contributed by atoms with Crippen LogP contribution in [0.5, 0.6) is 11.5 Å². The number of methoxy groups -OCH3 is 2. The molecule has 3 rings (SSSR count). The van der Waals surface area contributed by atoms with Gasteiger partial charge in [0.05, 0.1) is 20.4 Å². The van der Waals surface area contributed by atoms with Crippen LogP contribution in [-0.2, 0) is 10.0 Å². The van der Waals surface area contributed by atoms with Gasteiger partial charge in [0, 0.05) is 24.8 Å². The van der Waals surface area contributed by atoms with E-state index in [0.29, 0.717) is 30.4 Å². The first-order chi connectivity index (χ1) is 13.6. The van der Waals surface area contributed by atoms with E-state index in [1.165, 1.54) is 10.5 Å². The van der Waals surface area contributed by atoms with Crippen molar-refractivity contribution in [2.24, 2.45) is 5.10 Å². The van der Waals surface area contributed by atoms with E-state index in [1.807, 2.05) is 12.1 Å². The molecule has 28 heavy (non-hydrogen) atoms. The molecule has 8 nitrogen and oxygen atoms in total. The van der Waals surface area contributed by atoms with Crippen LogP contribution >= 0.6 is 0 Å². The van der Waals surface area contributed by atoms with Crippen molar-refractivity contribution in [2.75, 3.05) is 32.7 Å². The zero-order chi connectivity index (χ0) is 20.0. The lowest BCUT2D eigenvalue weighted by Crippen LogP contribution is -2.35. The molecule has 1 aliphatic rings. The van der Waals surface area contributed by atoms with Crippen molar-refractivity contribution >= 4 is 22.1 Å². The minimum Gasteiger partial charge on any atom is -0.493 e. The highest BCUT2D eigenvalue weighted by atomic mass is 32.2. The summed E-state index contributed by atoms with van der Waals surface area (Å²) in [5, 5.41) is 4.14. The first-order valence-corrected chi connectivity index (χ1v) is 10.5. The van der Waals surface area contributed by atoms with E-state index in [-0.39, 0.29) is 4.90 Å². The minimum absolute atomic E-state index is 0.193. The van der Waals surface area contributed by atoms with E-state index in [4.69, 9.17) is 9.47 Å². The fourth-order valence-electron chi connectivity index (χ4n) is 3.03. The Morgan fingerprint density at radius 3 is 2.54 bits per heavy atom. The summed E-state index contributed by atoms with van der Waals surface area (Å²) in [7, 11) is -0.354. The Morgan fingerprint density at radius 1 is 1.11 bits per heavy atom. The number of rotatable bonds is 7. The van der Waals surface area contributed by atoms with Crippen molar-refractivity contribution in [1.29, 1.82) is 0 Å². The number of sulfonamides is 1. The maximum Gasteiger partial charge on any atom is 0.244 e. The van der Waals surface area contributed by atoms with Crippen molar-refractivity contribution in [2.45, 2.75) is 24.2 Å². The molecule has 1 aromatic carbocycles. The number of para-hydroxylation sites is 1. The number of nitrogens with one attached hydrogen (secondary N) is 1. The second kappa shape index (κ2) is 9.03. The average molecular weight is 404 g/mol. The number of hydrogen-bond acceptors (Lipinski definition) is 7. The molecule has 2 aromatic rings. The van der Waals surface area contributed by atoms with E-state index < -0.39 is 10.0 Å². The Kier molecular flexibility index (Phi) is 6.48. The highest BCUT2D eigenvalue weighted by molar-refractivity contribution is 7.89. The van der Waals surface area contributed by atoms with E-state index in [9.17, 15) is 8.42 Å². The molecule has 1 aliphatic heterocycles. The number of ether oxygens (including phenoxy) is 2. The topological polar surface area (TPSA) is 93.1 Å². The first-order valence-electron chi connectivity index (χ1n) is 9.02. The minimum atomic E-state index is -3.48. The molecule has 150 valence electrons. The summed E-state index contributed by atoms with van der Waals surface area (Å²) in [5.74, 6) is 1.62. The molecule has 9 heteroatoms. The second-order valence-electron chi connectivity index (χ2n) is 6.30. The summed E-state index contributed by atoms with van der Waals surface area (Å²) >= 11 is 0. The van der Waals surface area contributed by atoms with E-state index in [2.05, 4.69) is 15.5 Å². The van der Waals surface area contributed by atoms with Gasteiger partial charge in [-0.15, -0.1) is 0 Å². The Morgan fingerprint density at radius 2 is 1.89 bits per heavy atom. The van der Waals surface area contributed by atoms with Gasteiger partial charge in [0.15, 0.2) is 11.5 Å². The van der Waals surface area contributed by atoms with Crippen LogP contribution in [0.4, 0.5) is 5.82 Å². The van der Waals surface area contributed by atoms with Crippen LogP contribution in [0.25, 0.3) is 0 Å². The Labute approximate surface area is 165 Å². The van der Waals surface area contributed by atoms with Gasteiger partial charge in [0.1, 0.15) is 10.7 Å². The molecule has 0 aliphatic carbocycles. The van der Waals surface area contributed by atoms with Gasteiger partial charge in [0.25, 0.3) is 0 Å². The Hall–Kier alpha value is -2.65. The van der Waals surface area contributed by atoms with Crippen molar-refractivity contribution < 1.29 is 17.9 Å². The van der Waals surface area contributed by atoms with Crippen molar-refractivity contribution in [3.8, 4) is 11.5 Å². The fourth-order valence-corrected chi connectivity index (χ4v) is 4.50. The maximum atomic E-state index is 12.6. The molecule has 0 amide bonds. The Bertz CT molecular complexity index is 923. The number of hydrazone groups is 1. The third kappa shape index (κ3) is 4.42. The van der Waals surface area contributed by atoms with Crippen LogP contribution in [-0.4, -0.2) is 51.2 Å². The second-order valence-corrected chi connectivity index (χ2v) is 8.23. The van der Waals surface area contributed by atoms with Crippen molar-refractivity contribution in [3.63, 3.8) is 0 Å². The number of piperidine rings is 1. The highest BCUT2D eigenvalue weighted by Crippen LogP contribution is 2.29. The van der Waals surface area contributed by atoms with Gasteiger partial charge in [-0.1, -0.05) is 12.5 Å². The third-order valence-corrected chi connectivity index (χ3v) is 6.39. The van der Waals surface area contributed by atoms with Crippen molar-refractivity contribution in [1.82, 2.24) is 9.29 Å². The quantitative estimate of drug-likeness (QED) is 0.563. The molecule has 1 saturated heterocycles. The van der Waals surface area contributed by atoms with Crippen molar-refractivity contribution in [3.05, 3.63) is 42.1 Å². The summed E-state index contributed by atoms with van der Waals surface area (Å²) in [4.78, 5) is 4.35. The van der Waals surface area contributed by atoms with Gasteiger partial charge < -0.3 is 9.47 Å². The maximum absolute atomic E-state index is 12.6. The predicted octanol–water partition coefficient (Wildman–Crippen LogP) is 2.72. The predicted molar refractivity (Wildman–Crippen MR) is 108 cm³/mol. The molecule has 0 spiro atoms. The average Bonchev–Trinajstić information content (AvgIpc) is 2.74. The lowest BCUT2D eigenvalue weighted by molar-refractivity contribution is 0.346. The zero-order valence-corrected chi connectivity index (χ0v) is 16.8.